The van der Waals surface area contributed by atoms with E-state index in [9.17, 15) is 0 Å². The number of benzene rings is 1. The van der Waals surface area contributed by atoms with E-state index in [1.165, 1.54) is 14.7 Å². The van der Waals surface area contributed by atoms with E-state index in [1.54, 1.807) is 23.1 Å². The number of rotatable bonds is 2. The molecule has 0 bridgehead atoms. The maximum atomic E-state index is 4.81. The number of thioether (sulfide) groups is 1. The molecule has 2 heterocycles. The number of nitrogens with zero attached hydrogens (tertiary/aromatic N) is 2. The molecule has 0 amide bonds. The fraction of sp³-hybridized carbons (Fsp3) is 0.143. The van der Waals surface area contributed by atoms with Gasteiger partial charge in [-0.15, -0.1) is 23.1 Å². The molecule has 0 aliphatic rings. The zero-order valence-electron chi connectivity index (χ0n) is 10.5. The third-order valence-corrected chi connectivity index (χ3v) is 5.35. The fourth-order valence-corrected chi connectivity index (χ4v) is 4.03. The van der Waals surface area contributed by atoms with Crippen LogP contribution in [0.3, 0.4) is 0 Å². The number of aryl methyl sites for hydroxylation is 1. The maximum absolute atomic E-state index is 4.81. The molecule has 0 saturated heterocycles. The van der Waals surface area contributed by atoms with Crippen molar-refractivity contribution in [3.05, 3.63) is 39.7 Å². The van der Waals surface area contributed by atoms with Gasteiger partial charge in [0.15, 0.2) is 0 Å². The van der Waals surface area contributed by atoms with Crippen LogP contribution in [0.2, 0.25) is 0 Å². The van der Waals surface area contributed by atoms with Crippen molar-refractivity contribution in [3.63, 3.8) is 0 Å². The van der Waals surface area contributed by atoms with Gasteiger partial charge in [0.2, 0.25) is 0 Å². The Morgan fingerprint density at radius 3 is 2.89 bits per heavy atom. The molecule has 0 radical (unpaired) electrons. The van der Waals surface area contributed by atoms with Crippen molar-refractivity contribution in [3.8, 4) is 10.6 Å². The number of aromatic nitrogens is 2. The molecule has 0 N–H and O–H groups in total. The summed E-state index contributed by atoms with van der Waals surface area (Å²) in [5.41, 5.74) is 3.55. The molecule has 3 aromatic rings. The van der Waals surface area contributed by atoms with E-state index >= 15 is 0 Å². The molecule has 96 valence electrons. The predicted molar refractivity (Wildman–Crippen MR) is 92.1 cm³/mol. The number of hydrogen-bond acceptors (Lipinski definition) is 4. The Morgan fingerprint density at radius 1 is 1.26 bits per heavy atom. The summed E-state index contributed by atoms with van der Waals surface area (Å²) in [4.78, 5) is 10.2. The summed E-state index contributed by atoms with van der Waals surface area (Å²) in [7, 11) is 0. The van der Waals surface area contributed by atoms with Crippen molar-refractivity contribution in [1.29, 1.82) is 0 Å². The molecule has 3 rings (SSSR count). The van der Waals surface area contributed by atoms with Gasteiger partial charge in [0.1, 0.15) is 5.01 Å². The zero-order valence-corrected chi connectivity index (χ0v) is 14.3. The summed E-state index contributed by atoms with van der Waals surface area (Å²) in [5.74, 6) is 0. The highest BCUT2D eigenvalue weighted by Gasteiger charge is 2.11. The summed E-state index contributed by atoms with van der Waals surface area (Å²) in [6.45, 7) is 2.13. The molecule has 19 heavy (non-hydrogen) atoms. The van der Waals surface area contributed by atoms with E-state index in [1.807, 2.05) is 12.4 Å². The Bertz CT molecular complexity index is 752. The quantitative estimate of drug-likeness (QED) is 0.449. The van der Waals surface area contributed by atoms with Crippen LogP contribution in [0.1, 0.15) is 5.56 Å². The monoisotopic (exact) mass is 398 g/mol. The molecular formula is C14H11IN2S2. The third-order valence-electron chi connectivity index (χ3n) is 2.92. The zero-order chi connectivity index (χ0) is 13.4. The Labute approximate surface area is 133 Å². The average Bonchev–Trinajstić information content (AvgIpc) is 2.85. The molecule has 0 atom stereocenters. The minimum absolute atomic E-state index is 1.07. The first-order valence-electron chi connectivity index (χ1n) is 5.74. The Hall–Kier alpha value is -0.660. The van der Waals surface area contributed by atoms with Crippen molar-refractivity contribution in [2.75, 3.05) is 6.26 Å². The second kappa shape index (κ2) is 5.38. The van der Waals surface area contributed by atoms with Gasteiger partial charge in [0, 0.05) is 21.5 Å². The minimum atomic E-state index is 1.07. The number of fused-ring (bicyclic) bond motifs is 1. The molecule has 0 aliphatic carbocycles. The standard InChI is InChI=1S/C14H11IN2S2/c1-8-3-4-9(15)5-10(8)14-17-13-11(18-2)6-16-7-12(13)19-14/h3-7H,1-2H3. The van der Waals surface area contributed by atoms with Gasteiger partial charge in [0.05, 0.1) is 15.1 Å². The van der Waals surface area contributed by atoms with Crippen molar-refractivity contribution >= 4 is 55.9 Å². The largest absolute Gasteiger partial charge is 0.262 e. The summed E-state index contributed by atoms with van der Waals surface area (Å²) >= 11 is 5.75. The summed E-state index contributed by atoms with van der Waals surface area (Å²) < 4.78 is 2.39. The minimum Gasteiger partial charge on any atom is -0.262 e. The molecule has 0 aliphatic heterocycles. The van der Waals surface area contributed by atoms with Crippen LogP contribution in [0.4, 0.5) is 0 Å². The van der Waals surface area contributed by atoms with Crippen LogP contribution in [-0.4, -0.2) is 16.2 Å². The van der Waals surface area contributed by atoms with Gasteiger partial charge in [0.25, 0.3) is 0 Å². The summed E-state index contributed by atoms with van der Waals surface area (Å²) in [5, 5.41) is 1.08. The van der Waals surface area contributed by atoms with Crippen LogP contribution >= 0.6 is 45.7 Å². The third kappa shape index (κ3) is 2.51. The number of halogens is 1. The van der Waals surface area contributed by atoms with E-state index in [2.05, 4.69) is 59.0 Å². The molecule has 0 unspecified atom stereocenters. The van der Waals surface area contributed by atoms with E-state index in [-0.39, 0.29) is 0 Å². The average molecular weight is 398 g/mol. The smallest absolute Gasteiger partial charge is 0.125 e. The van der Waals surface area contributed by atoms with Crippen molar-refractivity contribution in [2.45, 2.75) is 11.8 Å². The molecule has 0 saturated carbocycles. The molecule has 5 heteroatoms. The predicted octanol–water partition coefficient (Wildman–Crippen LogP) is 4.99. The van der Waals surface area contributed by atoms with Gasteiger partial charge >= 0.3 is 0 Å². The van der Waals surface area contributed by atoms with Gasteiger partial charge in [-0.25, -0.2) is 4.98 Å². The van der Waals surface area contributed by atoms with Crippen molar-refractivity contribution in [2.24, 2.45) is 0 Å². The van der Waals surface area contributed by atoms with Gasteiger partial charge in [-0.3, -0.25) is 4.98 Å². The summed E-state index contributed by atoms with van der Waals surface area (Å²) in [6, 6.07) is 6.47. The molecule has 1 aromatic carbocycles. The topological polar surface area (TPSA) is 25.8 Å². The van der Waals surface area contributed by atoms with Crippen LogP contribution in [0.25, 0.3) is 20.8 Å². The van der Waals surface area contributed by atoms with Crippen molar-refractivity contribution < 1.29 is 0 Å². The number of hydrogen-bond donors (Lipinski definition) is 0. The van der Waals surface area contributed by atoms with Gasteiger partial charge in [-0.1, -0.05) is 6.07 Å². The Balaban J connectivity index is 2.23. The molecule has 2 nitrogen and oxygen atoms in total. The lowest BCUT2D eigenvalue weighted by Gasteiger charge is -2.02. The van der Waals surface area contributed by atoms with Crippen LogP contribution < -0.4 is 0 Å². The first-order chi connectivity index (χ1) is 9.19. The lowest BCUT2D eigenvalue weighted by molar-refractivity contribution is 1.27. The molecular weight excluding hydrogens is 387 g/mol. The maximum Gasteiger partial charge on any atom is 0.125 e. The Morgan fingerprint density at radius 2 is 2.11 bits per heavy atom. The number of pyridine rings is 1. The first kappa shape index (κ1) is 13.3. The second-order valence-corrected chi connectivity index (χ2v) is 7.29. The molecule has 0 spiro atoms. The van der Waals surface area contributed by atoms with E-state index in [0.29, 0.717) is 0 Å². The summed E-state index contributed by atoms with van der Waals surface area (Å²) in [6.07, 6.45) is 5.85. The van der Waals surface area contributed by atoms with Gasteiger partial charge in [-0.05, 0) is 53.5 Å². The van der Waals surface area contributed by atoms with Gasteiger partial charge < -0.3 is 0 Å². The van der Waals surface area contributed by atoms with Crippen LogP contribution in [0, 0.1) is 10.5 Å². The molecule has 0 fully saturated rings. The Kier molecular flexibility index (Phi) is 3.77. The second-order valence-electron chi connectivity index (χ2n) is 4.17. The highest BCUT2D eigenvalue weighted by Crippen LogP contribution is 2.35. The van der Waals surface area contributed by atoms with Crippen LogP contribution in [0.5, 0.6) is 0 Å². The SMILES string of the molecule is CSc1cncc2sc(-c3cc(I)ccc3C)nc12. The highest BCUT2D eigenvalue weighted by atomic mass is 127. The van der Waals surface area contributed by atoms with Crippen LogP contribution in [0.15, 0.2) is 35.5 Å². The van der Waals surface area contributed by atoms with Gasteiger partial charge in [-0.2, -0.15) is 0 Å². The van der Waals surface area contributed by atoms with E-state index in [0.717, 1.165) is 20.1 Å². The number of thiazole rings is 1. The van der Waals surface area contributed by atoms with E-state index in [4.69, 9.17) is 4.98 Å². The lowest BCUT2D eigenvalue weighted by atomic mass is 10.1. The first-order valence-corrected chi connectivity index (χ1v) is 8.86. The normalized spacial score (nSPS) is 11.1. The van der Waals surface area contributed by atoms with Crippen molar-refractivity contribution in [1.82, 2.24) is 9.97 Å². The molecule has 2 aromatic heterocycles. The lowest BCUT2D eigenvalue weighted by Crippen LogP contribution is -1.84. The highest BCUT2D eigenvalue weighted by molar-refractivity contribution is 14.1. The van der Waals surface area contributed by atoms with Crippen LogP contribution in [-0.2, 0) is 0 Å². The fourth-order valence-electron chi connectivity index (χ4n) is 1.92. The van der Waals surface area contributed by atoms with E-state index < -0.39 is 0 Å².